The molecule has 22 heavy (non-hydrogen) atoms. The Morgan fingerprint density at radius 2 is 2.23 bits per heavy atom. The van der Waals surface area contributed by atoms with Crippen molar-refractivity contribution >= 4 is 22.5 Å². The van der Waals surface area contributed by atoms with Crippen LogP contribution in [0, 0.1) is 0 Å². The van der Waals surface area contributed by atoms with Crippen molar-refractivity contribution in [2.45, 2.75) is 25.4 Å². The summed E-state index contributed by atoms with van der Waals surface area (Å²) in [5.41, 5.74) is 3.57. The second-order valence-electron chi connectivity index (χ2n) is 5.83. The Labute approximate surface area is 127 Å². The Hall–Kier alpha value is -2.50. The third kappa shape index (κ3) is 1.55. The van der Waals surface area contributed by atoms with Gasteiger partial charge in [0.1, 0.15) is 11.5 Å². The van der Waals surface area contributed by atoms with Crippen LogP contribution in [0.25, 0.3) is 10.9 Å². The predicted molar refractivity (Wildman–Crippen MR) is 81.4 cm³/mol. The minimum Gasteiger partial charge on any atom is -0.497 e. The smallest absolute Gasteiger partial charge is 0.223 e. The van der Waals surface area contributed by atoms with Gasteiger partial charge in [-0.25, -0.2) is 0 Å². The Morgan fingerprint density at radius 3 is 2.95 bits per heavy atom. The first-order valence-electron chi connectivity index (χ1n) is 7.32. The van der Waals surface area contributed by atoms with Crippen LogP contribution >= 0.6 is 0 Å². The molecule has 0 bridgehead atoms. The van der Waals surface area contributed by atoms with Crippen LogP contribution in [0.1, 0.15) is 24.1 Å². The van der Waals surface area contributed by atoms with Crippen molar-refractivity contribution in [3.05, 3.63) is 29.5 Å². The van der Waals surface area contributed by atoms with Gasteiger partial charge in [-0.2, -0.15) is 0 Å². The van der Waals surface area contributed by atoms with Crippen LogP contribution in [0.3, 0.4) is 0 Å². The van der Waals surface area contributed by atoms with Crippen molar-refractivity contribution in [1.82, 2.24) is 9.47 Å². The SMILES string of the molecule is COc1ccc2c(c1)c1c(n2C)/C(=N\O)C2CCC(=O)N2C1. The zero-order chi connectivity index (χ0) is 15.4. The summed E-state index contributed by atoms with van der Waals surface area (Å²) in [4.78, 5) is 13.9. The summed E-state index contributed by atoms with van der Waals surface area (Å²) in [6.45, 7) is 0.558. The molecule has 1 saturated heterocycles. The second kappa shape index (κ2) is 4.50. The zero-order valence-corrected chi connectivity index (χ0v) is 12.5. The van der Waals surface area contributed by atoms with Gasteiger partial charge in [0, 0.05) is 36.5 Å². The second-order valence-corrected chi connectivity index (χ2v) is 5.83. The maximum atomic E-state index is 12.1. The molecule has 0 saturated carbocycles. The van der Waals surface area contributed by atoms with E-state index in [2.05, 4.69) is 5.16 Å². The first kappa shape index (κ1) is 13.2. The quantitative estimate of drug-likeness (QED) is 0.645. The molecule has 1 N–H and O–H groups in total. The Kier molecular flexibility index (Phi) is 2.69. The monoisotopic (exact) mass is 299 g/mol. The summed E-state index contributed by atoms with van der Waals surface area (Å²) in [5, 5.41) is 14.1. The number of aromatic nitrogens is 1. The lowest BCUT2D eigenvalue weighted by Gasteiger charge is -2.31. The van der Waals surface area contributed by atoms with Crippen LogP contribution < -0.4 is 4.74 Å². The van der Waals surface area contributed by atoms with E-state index >= 15 is 0 Å². The molecule has 6 nitrogen and oxygen atoms in total. The number of hydrogen-bond acceptors (Lipinski definition) is 4. The van der Waals surface area contributed by atoms with E-state index in [0.29, 0.717) is 25.1 Å². The molecule has 1 aromatic heterocycles. The lowest BCUT2D eigenvalue weighted by Crippen LogP contribution is -2.43. The standard InChI is InChI=1S/C16H17N3O3/c1-18-12-4-3-9(22-2)7-10(12)11-8-19-13(5-6-14(19)20)15(17-21)16(11)18/h3-4,7,13,21H,5-6,8H2,1-2H3/b17-15-. The van der Waals surface area contributed by atoms with Gasteiger partial charge in [0.05, 0.1) is 18.8 Å². The van der Waals surface area contributed by atoms with Gasteiger partial charge < -0.3 is 19.4 Å². The van der Waals surface area contributed by atoms with Gasteiger partial charge >= 0.3 is 0 Å². The van der Waals surface area contributed by atoms with Crippen LogP contribution in [0.5, 0.6) is 5.75 Å². The highest BCUT2D eigenvalue weighted by atomic mass is 16.5. The number of amides is 1. The molecule has 3 heterocycles. The average Bonchev–Trinajstić information content (AvgIpc) is 3.05. The molecule has 0 aliphatic carbocycles. The number of methoxy groups -OCH3 is 1. The first-order valence-corrected chi connectivity index (χ1v) is 7.32. The third-order valence-corrected chi connectivity index (χ3v) is 4.83. The molecule has 4 rings (SSSR count). The van der Waals surface area contributed by atoms with Gasteiger partial charge in [-0.1, -0.05) is 5.16 Å². The maximum Gasteiger partial charge on any atom is 0.223 e. The van der Waals surface area contributed by atoms with E-state index in [1.165, 1.54) is 0 Å². The Morgan fingerprint density at radius 1 is 1.41 bits per heavy atom. The van der Waals surface area contributed by atoms with Gasteiger partial charge in [0.2, 0.25) is 5.91 Å². The molecule has 1 atom stereocenters. The van der Waals surface area contributed by atoms with Crippen LogP contribution in [-0.4, -0.2) is 39.4 Å². The molecule has 1 fully saturated rings. The van der Waals surface area contributed by atoms with Crippen molar-refractivity contribution < 1.29 is 14.7 Å². The molecule has 114 valence electrons. The molecule has 1 amide bonds. The van der Waals surface area contributed by atoms with Gasteiger partial charge in [-0.3, -0.25) is 4.79 Å². The van der Waals surface area contributed by atoms with Crippen LogP contribution in [-0.2, 0) is 18.4 Å². The van der Waals surface area contributed by atoms with E-state index in [1.807, 2.05) is 34.7 Å². The van der Waals surface area contributed by atoms with Crippen LogP contribution in [0.4, 0.5) is 0 Å². The summed E-state index contributed by atoms with van der Waals surface area (Å²) >= 11 is 0. The zero-order valence-electron chi connectivity index (χ0n) is 12.5. The minimum atomic E-state index is -0.116. The largest absolute Gasteiger partial charge is 0.497 e. The van der Waals surface area contributed by atoms with E-state index in [1.54, 1.807) is 7.11 Å². The predicted octanol–water partition coefficient (Wildman–Crippen LogP) is 1.87. The molecule has 0 radical (unpaired) electrons. The van der Waals surface area contributed by atoms with Crippen LogP contribution in [0.2, 0.25) is 0 Å². The van der Waals surface area contributed by atoms with Crippen molar-refractivity contribution in [2.75, 3.05) is 7.11 Å². The number of carbonyl (C=O) groups is 1. The number of oxime groups is 1. The lowest BCUT2D eigenvalue weighted by atomic mass is 9.96. The van der Waals surface area contributed by atoms with E-state index in [4.69, 9.17) is 4.74 Å². The van der Waals surface area contributed by atoms with Crippen LogP contribution in [0.15, 0.2) is 23.4 Å². The van der Waals surface area contributed by atoms with Gasteiger partial charge in [0.15, 0.2) is 0 Å². The van der Waals surface area contributed by atoms with Crippen molar-refractivity contribution in [3.8, 4) is 5.75 Å². The number of rotatable bonds is 1. The molecule has 1 unspecified atom stereocenters. The fourth-order valence-electron chi connectivity index (χ4n) is 3.77. The van der Waals surface area contributed by atoms with E-state index in [-0.39, 0.29) is 11.9 Å². The topological polar surface area (TPSA) is 67.1 Å². The molecular formula is C16H17N3O3. The lowest BCUT2D eigenvalue weighted by molar-refractivity contribution is -0.128. The van der Waals surface area contributed by atoms with E-state index in [9.17, 15) is 10.0 Å². The molecule has 2 aromatic rings. The Balaban J connectivity index is 2.01. The van der Waals surface area contributed by atoms with Gasteiger partial charge in [0.25, 0.3) is 0 Å². The number of benzene rings is 1. The summed E-state index contributed by atoms with van der Waals surface area (Å²) in [6, 6.07) is 5.77. The number of ether oxygens (including phenoxy) is 1. The van der Waals surface area contributed by atoms with Crippen molar-refractivity contribution in [2.24, 2.45) is 12.2 Å². The fourth-order valence-corrected chi connectivity index (χ4v) is 3.77. The third-order valence-electron chi connectivity index (χ3n) is 4.83. The summed E-state index contributed by atoms with van der Waals surface area (Å²) in [5.74, 6) is 0.898. The van der Waals surface area contributed by atoms with E-state index < -0.39 is 0 Å². The number of nitrogens with zero attached hydrogens (tertiary/aromatic N) is 3. The number of aryl methyl sites for hydroxylation is 1. The normalized spacial score (nSPS) is 22.3. The molecule has 0 spiro atoms. The molecule has 2 aliphatic rings. The molecule has 2 aliphatic heterocycles. The van der Waals surface area contributed by atoms with Gasteiger partial charge in [-0.15, -0.1) is 0 Å². The number of fused-ring (bicyclic) bond motifs is 4. The maximum absolute atomic E-state index is 12.1. The molecule has 6 heteroatoms. The highest BCUT2D eigenvalue weighted by Crippen LogP contribution is 2.37. The fraction of sp³-hybridized carbons (Fsp3) is 0.375. The van der Waals surface area contributed by atoms with Crippen molar-refractivity contribution in [1.29, 1.82) is 0 Å². The summed E-state index contributed by atoms with van der Waals surface area (Å²) in [6.07, 6.45) is 1.22. The summed E-state index contributed by atoms with van der Waals surface area (Å²) < 4.78 is 7.36. The Bertz CT molecular complexity index is 822. The average molecular weight is 299 g/mol. The first-order chi connectivity index (χ1) is 10.7. The highest BCUT2D eigenvalue weighted by molar-refractivity contribution is 6.12. The minimum absolute atomic E-state index is 0.116. The highest BCUT2D eigenvalue weighted by Gasteiger charge is 2.42. The number of carbonyl (C=O) groups excluding carboxylic acids is 1. The van der Waals surface area contributed by atoms with Gasteiger partial charge in [-0.05, 0) is 24.6 Å². The van der Waals surface area contributed by atoms with E-state index in [0.717, 1.165) is 27.9 Å². The number of hydrogen-bond donors (Lipinski definition) is 1. The van der Waals surface area contributed by atoms with Crippen molar-refractivity contribution in [3.63, 3.8) is 0 Å². The summed E-state index contributed by atoms with van der Waals surface area (Å²) in [7, 11) is 3.60. The molecular weight excluding hydrogens is 282 g/mol. The molecule has 1 aromatic carbocycles.